The summed E-state index contributed by atoms with van der Waals surface area (Å²) in [6.07, 6.45) is 2.15. The number of hydrogen-bond donors (Lipinski definition) is 3. The van der Waals surface area contributed by atoms with Crippen LogP contribution in [0.1, 0.15) is 24.0 Å². The molecule has 2 saturated heterocycles. The second-order valence-corrected chi connectivity index (χ2v) is 6.64. The van der Waals surface area contributed by atoms with E-state index in [0.29, 0.717) is 6.42 Å². The molecule has 7 heteroatoms. The minimum Gasteiger partial charge on any atom is -0.350 e. The summed E-state index contributed by atoms with van der Waals surface area (Å²) in [5.41, 5.74) is 0.934. The Labute approximate surface area is 139 Å². The second kappa shape index (κ2) is 5.59. The van der Waals surface area contributed by atoms with Crippen molar-refractivity contribution in [3.05, 3.63) is 35.4 Å². The van der Waals surface area contributed by atoms with E-state index < -0.39 is 11.6 Å². The number of aryl methyl sites for hydroxylation is 1. The number of hydrogen-bond acceptors (Lipinski definition) is 4. The van der Waals surface area contributed by atoms with E-state index in [1.54, 1.807) is 0 Å². The molecule has 1 aliphatic carbocycles. The maximum Gasteiger partial charge on any atom is 0.325 e. The van der Waals surface area contributed by atoms with Gasteiger partial charge >= 0.3 is 6.03 Å². The van der Waals surface area contributed by atoms with Crippen LogP contribution < -0.4 is 16.0 Å². The smallest absolute Gasteiger partial charge is 0.325 e. The van der Waals surface area contributed by atoms with Gasteiger partial charge in [-0.1, -0.05) is 24.3 Å². The molecular formula is C17H20N4O3. The molecule has 126 valence electrons. The van der Waals surface area contributed by atoms with Gasteiger partial charge in [-0.2, -0.15) is 0 Å². The van der Waals surface area contributed by atoms with Crippen molar-refractivity contribution >= 4 is 17.8 Å². The Hall–Kier alpha value is -2.41. The molecule has 24 heavy (non-hydrogen) atoms. The van der Waals surface area contributed by atoms with Crippen LogP contribution in [0, 0.1) is 0 Å². The SMILES string of the molecule is O=C(CN1C(=O)NC2(CCc3ccccc32)C1=O)NC1CCNC1. The molecule has 4 amide bonds. The normalized spacial score (nSPS) is 28.3. The molecule has 0 aromatic heterocycles. The van der Waals surface area contributed by atoms with Crippen LogP contribution in [0.4, 0.5) is 4.79 Å². The lowest BCUT2D eigenvalue weighted by atomic mass is 9.92. The third-order valence-corrected chi connectivity index (χ3v) is 5.15. The number of nitrogens with one attached hydrogen (secondary N) is 3. The lowest BCUT2D eigenvalue weighted by Gasteiger charge is -2.22. The Bertz CT molecular complexity index is 714. The number of amides is 4. The van der Waals surface area contributed by atoms with Gasteiger partial charge in [0.25, 0.3) is 5.91 Å². The highest BCUT2D eigenvalue weighted by Crippen LogP contribution is 2.41. The number of rotatable bonds is 3. The van der Waals surface area contributed by atoms with Crippen LogP contribution in [0.3, 0.4) is 0 Å². The zero-order valence-corrected chi connectivity index (χ0v) is 13.3. The van der Waals surface area contributed by atoms with Crippen LogP contribution in [-0.4, -0.2) is 48.4 Å². The highest BCUT2D eigenvalue weighted by molar-refractivity contribution is 6.09. The molecule has 1 spiro atoms. The number of nitrogens with zero attached hydrogens (tertiary/aromatic N) is 1. The molecule has 4 rings (SSSR count). The largest absolute Gasteiger partial charge is 0.350 e. The third-order valence-electron chi connectivity index (χ3n) is 5.15. The lowest BCUT2D eigenvalue weighted by Crippen LogP contribution is -2.46. The summed E-state index contributed by atoms with van der Waals surface area (Å²) in [6, 6.07) is 7.24. The summed E-state index contributed by atoms with van der Waals surface area (Å²) in [7, 11) is 0. The monoisotopic (exact) mass is 328 g/mol. The van der Waals surface area contributed by atoms with Crippen molar-refractivity contribution in [1.29, 1.82) is 0 Å². The third kappa shape index (κ3) is 2.27. The molecule has 0 saturated carbocycles. The van der Waals surface area contributed by atoms with Crippen LogP contribution >= 0.6 is 0 Å². The van der Waals surface area contributed by atoms with Crippen molar-refractivity contribution in [3.63, 3.8) is 0 Å². The lowest BCUT2D eigenvalue weighted by molar-refractivity contribution is -0.135. The van der Waals surface area contributed by atoms with Gasteiger partial charge in [-0.3, -0.25) is 14.5 Å². The molecule has 2 atom stereocenters. The van der Waals surface area contributed by atoms with Crippen molar-refractivity contribution in [3.8, 4) is 0 Å². The molecule has 2 heterocycles. The summed E-state index contributed by atoms with van der Waals surface area (Å²) in [6.45, 7) is 1.36. The minimum atomic E-state index is -0.997. The van der Waals surface area contributed by atoms with E-state index in [2.05, 4.69) is 16.0 Å². The fraction of sp³-hybridized carbons (Fsp3) is 0.471. The number of fused-ring (bicyclic) bond motifs is 2. The zero-order chi connectivity index (χ0) is 16.7. The molecule has 1 aromatic rings. The average Bonchev–Trinajstić information content (AvgIpc) is 3.25. The number of carbonyl (C=O) groups is 3. The van der Waals surface area contributed by atoms with Crippen LogP contribution in [-0.2, 0) is 21.5 Å². The van der Waals surface area contributed by atoms with Gasteiger partial charge in [-0.15, -0.1) is 0 Å². The summed E-state index contributed by atoms with van der Waals surface area (Å²) in [5.74, 6) is -0.618. The predicted molar refractivity (Wildman–Crippen MR) is 86.1 cm³/mol. The standard InChI is InChI=1S/C17H20N4O3/c22-14(19-12-6-8-18-9-12)10-21-15(23)17(20-16(21)24)7-5-11-3-1-2-4-13(11)17/h1-4,12,18H,5-10H2,(H,19,22)(H,20,24). The summed E-state index contributed by atoms with van der Waals surface area (Å²) in [5, 5.41) is 8.86. The van der Waals surface area contributed by atoms with Gasteiger partial charge in [-0.05, 0) is 36.9 Å². The van der Waals surface area contributed by atoms with Gasteiger partial charge in [-0.25, -0.2) is 4.79 Å². The summed E-state index contributed by atoms with van der Waals surface area (Å²) >= 11 is 0. The van der Waals surface area contributed by atoms with Crippen LogP contribution in [0.15, 0.2) is 24.3 Å². The van der Waals surface area contributed by atoms with Gasteiger partial charge in [0.15, 0.2) is 0 Å². The van der Waals surface area contributed by atoms with E-state index in [0.717, 1.165) is 42.0 Å². The summed E-state index contributed by atoms with van der Waals surface area (Å²) in [4.78, 5) is 38.5. The van der Waals surface area contributed by atoms with Crippen molar-refractivity contribution in [2.24, 2.45) is 0 Å². The van der Waals surface area contributed by atoms with E-state index in [-0.39, 0.29) is 24.4 Å². The minimum absolute atomic E-state index is 0.0689. The van der Waals surface area contributed by atoms with E-state index >= 15 is 0 Å². The first-order chi connectivity index (χ1) is 11.6. The van der Waals surface area contributed by atoms with Gasteiger partial charge in [0.05, 0.1) is 0 Å². The fourth-order valence-corrected chi connectivity index (χ4v) is 3.93. The van der Waals surface area contributed by atoms with Gasteiger partial charge in [0, 0.05) is 12.6 Å². The fourth-order valence-electron chi connectivity index (χ4n) is 3.93. The summed E-state index contributed by atoms with van der Waals surface area (Å²) < 4.78 is 0. The van der Waals surface area contributed by atoms with Crippen LogP contribution in [0.2, 0.25) is 0 Å². The molecule has 2 fully saturated rings. The molecule has 3 aliphatic rings. The van der Waals surface area contributed by atoms with Crippen molar-refractivity contribution in [2.75, 3.05) is 19.6 Å². The molecule has 2 unspecified atom stereocenters. The Morgan fingerprint density at radius 1 is 1.33 bits per heavy atom. The van der Waals surface area contributed by atoms with Crippen molar-refractivity contribution in [1.82, 2.24) is 20.9 Å². The Morgan fingerprint density at radius 2 is 2.17 bits per heavy atom. The second-order valence-electron chi connectivity index (χ2n) is 6.64. The first-order valence-corrected chi connectivity index (χ1v) is 8.33. The maximum atomic E-state index is 12.9. The van der Waals surface area contributed by atoms with E-state index in [9.17, 15) is 14.4 Å². The van der Waals surface area contributed by atoms with Crippen molar-refractivity contribution in [2.45, 2.75) is 30.8 Å². The highest BCUT2D eigenvalue weighted by atomic mass is 16.2. The molecular weight excluding hydrogens is 308 g/mol. The van der Waals surface area contributed by atoms with E-state index in [1.165, 1.54) is 0 Å². The molecule has 3 N–H and O–H groups in total. The van der Waals surface area contributed by atoms with Gasteiger partial charge in [0.1, 0.15) is 12.1 Å². The Morgan fingerprint density at radius 3 is 2.96 bits per heavy atom. The van der Waals surface area contributed by atoms with E-state index in [4.69, 9.17) is 0 Å². The molecule has 2 aliphatic heterocycles. The zero-order valence-electron chi connectivity index (χ0n) is 13.3. The molecule has 0 radical (unpaired) electrons. The van der Waals surface area contributed by atoms with Gasteiger partial charge in [0.2, 0.25) is 5.91 Å². The van der Waals surface area contributed by atoms with E-state index in [1.807, 2.05) is 24.3 Å². The quantitative estimate of drug-likeness (QED) is 0.674. The molecule has 1 aromatic carbocycles. The Balaban J connectivity index is 1.51. The van der Waals surface area contributed by atoms with Gasteiger partial charge < -0.3 is 16.0 Å². The highest BCUT2D eigenvalue weighted by Gasteiger charge is 2.55. The predicted octanol–water partition coefficient (Wildman–Crippen LogP) is -0.142. The molecule has 7 nitrogen and oxygen atoms in total. The average molecular weight is 328 g/mol. The van der Waals surface area contributed by atoms with Crippen LogP contribution in [0.25, 0.3) is 0 Å². The number of carbonyl (C=O) groups excluding carboxylic acids is 3. The number of urea groups is 1. The number of imide groups is 1. The van der Waals surface area contributed by atoms with Crippen LogP contribution in [0.5, 0.6) is 0 Å². The molecule has 0 bridgehead atoms. The first kappa shape index (κ1) is 15.1. The maximum absolute atomic E-state index is 12.9. The Kier molecular flexibility index (Phi) is 3.53. The number of benzene rings is 1. The first-order valence-electron chi connectivity index (χ1n) is 8.33. The topological polar surface area (TPSA) is 90.5 Å². The van der Waals surface area contributed by atoms with Crippen molar-refractivity contribution < 1.29 is 14.4 Å².